The van der Waals surface area contributed by atoms with Crippen molar-refractivity contribution in [1.29, 1.82) is 5.26 Å². The number of nitrogens with zero attached hydrogens (tertiary/aromatic N) is 2. The molecule has 0 atom stereocenters. The van der Waals surface area contributed by atoms with Crippen molar-refractivity contribution in [3.8, 4) is 6.07 Å². The predicted octanol–water partition coefficient (Wildman–Crippen LogP) is 0.610. The Hall–Kier alpha value is -1.84. The lowest BCUT2D eigenvalue weighted by molar-refractivity contribution is 0.0759. The molecule has 0 aliphatic heterocycles. The highest BCUT2D eigenvalue weighted by atomic mass is 16.5. The second-order valence-electron chi connectivity index (χ2n) is 3.30. The van der Waals surface area contributed by atoms with E-state index in [1.165, 1.54) is 6.20 Å². The molecule has 0 amide bonds. The van der Waals surface area contributed by atoms with Crippen molar-refractivity contribution in [3.05, 3.63) is 17.8 Å². The Morgan fingerprint density at radius 1 is 1.47 bits per heavy atom. The molecule has 0 unspecified atom stereocenters. The largest absolute Gasteiger partial charge is 0.384 e. The van der Waals surface area contributed by atoms with E-state index < -0.39 is 0 Å². The van der Waals surface area contributed by atoms with E-state index in [4.69, 9.17) is 20.5 Å². The van der Waals surface area contributed by atoms with Crippen LogP contribution in [0.4, 0.5) is 11.5 Å². The molecule has 1 aromatic rings. The maximum Gasteiger partial charge on any atom is 0.125 e. The number of rotatable bonds is 7. The van der Waals surface area contributed by atoms with Crippen molar-refractivity contribution >= 4 is 11.5 Å². The zero-order chi connectivity index (χ0) is 12.5. The Balaban J connectivity index is 2.36. The van der Waals surface area contributed by atoms with E-state index in [0.29, 0.717) is 43.4 Å². The van der Waals surface area contributed by atoms with Crippen molar-refractivity contribution in [2.75, 3.05) is 44.5 Å². The molecule has 3 N–H and O–H groups in total. The number of nitriles is 1. The number of ether oxygens (including phenoxy) is 2. The molecule has 1 heterocycles. The minimum atomic E-state index is 0.381. The topological polar surface area (TPSA) is 93.2 Å². The maximum absolute atomic E-state index is 8.86. The summed E-state index contributed by atoms with van der Waals surface area (Å²) in [4.78, 5) is 3.85. The molecule has 0 aromatic carbocycles. The summed E-state index contributed by atoms with van der Waals surface area (Å²) in [5.41, 5.74) is 6.69. The van der Waals surface area contributed by atoms with Gasteiger partial charge in [0.25, 0.3) is 0 Å². The lowest BCUT2D eigenvalue weighted by atomic mass is 10.2. The van der Waals surface area contributed by atoms with Crippen LogP contribution in [0.3, 0.4) is 0 Å². The SMILES string of the molecule is COCCOCCNc1cc(N)ncc1C#N. The standard InChI is InChI=1S/C11H16N4O2/c1-16-4-5-17-3-2-14-10-6-11(13)15-8-9(10)7-12/h6,8H,2-5H2,1H3,(H3,13,14,15). The Morgan fingerprint density at radius 2 is 2.29 bits per heavy atom. The van der Waals surface area contributed by atoms with Crippen molar-refractivity contribution in [2.24, 2.45) is 0 Å². The first-order chi connectivity index (χ1) is 8.27. The van der Waals surface area contributed by atoms with E-state index in [1.54, 1.807) is 13.2 Å². The fourth-order valence-corrected chi connectivity index (χ4v) is 1.21. The maximum atomic E-state index is 8.86. The van der Waals surface area contributed by atoms with Crippen molar-refractivity contribution in [3.63, 3.8) is 0 Å². The number of hydrogen-bond donors (Lipinski definition) is 2. The van der Waals surface area contributed by atoms with Crippen molar-refractivity contribution in [2.45, 2.75) is 0 Å². The first kappa shape index (κ1) is 13.2. The van der Waals surface area contributed by atoms with Gasteiger partial charge in [0.15, 0.2) is 0 Å². The first-order valence-corrected chi connectivity index (χ1v) is 5.24. The van der Waals surface area contributed by atoms with Crippen LogP contribution in [0, 0.1) is 11.3 Å². The Bertz CT molecular complexity index is 390. The third kappa shape index (κ3) is 4.68. The fraction of sp³-hybridized carbons (Fsp3) is 0.455. The van der Waals surface area contributed by atoms with Gasteiger partial charge in [0, 0.05) is 25.9 Å². The number of anilines is 2. The molecular formula is C11H16N4O2. The van der Waals surface area contributed by atoms with Crippen LogP contribution >= 0.6 is 0 Å². The van der Waals surface area contributed by atoms with Crippen LogP contribution < -0.4 is 11.1 Å². The Kier molecular flexibility index (Phi) is 5.79. The van der Waals surface area contributed by atoms with Gasteiger partial charge in [-0.15, -0.1) is 0 Å². The third-order valence-corrected chi connectivity index (χ3v) is 2.04. The third-order valence-electron chi connectivity index (χ3n) is 2.04. The lowest BCUT2D eigenvalue weighted by Gasteiger charge is -2.08. The quantitative estimate of drug-likeness (QED) is 0.674. The van der Waals surface area contributed by atoms with Crippen LogP contribution in [0.5, 0.6) is 0 Å². The summed E-state index contributed by atoms with van der Waals surface area (Å²) >= 11 is 0. The Labute approximate surface area is 100 Å². The van der Waals surface area contributed by atoms with Crippen LogP contribution in [0.15, 0.2) is 12.3 Å². The van der Waals surface area contributed by atoms with Gasteiger partial charge in [-0.3, -0.25) is 0 Å². The molecule has 0 fully saturated rings. The van der Waals surface area contributed by atoms with Gasteiger partial charge in [0.1, 0.15) is 11.9 Å². The number of nitrogen functional groups attached to an aromatic ring is 1. The smallest absolute Gasteiger partial charge is 0.125 e. The summed E-state index contributed by atoms with van der Waals surface area (Å²) in [6.07, 6.45) is 1.45. The molecule has 0 saturated heterocycles. The van der Waals surface area contributed by atoms with Gasteiger partial charge in [0.2, 0.25) is 0 Å². The average Bonchev–Trinajstić information content (AvgIpc) is 2.34. The van der Waals surface area contributed by atoms with E-state index in [9.17, 15) is 0 Å². The zero-order valence-corrected chi connectivity index (χ0v) is 9.77. The second-order valence-corrected chi connectivity index (χ2v) is 3.30. The highest BCUT2D eigenvalue weighted by molar-refractivity contribution is 5.60. The molecule has 0 aliphatic rings. The molecule has 6 heteroatoms. The van der Waals surface area contributed by atoms with Gasteiger partial charge < -0.3 is 20.5 Å². The monoisotopic (exact) mass is 236 g/mol. The van der Waals surface area contributed by atoms with E-state index in [2.05, 4.69) is 10.3 Å². The molecule has 92 valence electrons. The number of hydrogen-bond acceptors (Lipinski definition) is 6. The molecular weight excluding hydrogens is 220 g/mol. The van der Waals surface area contributed by atoms with Gasteiger partial charge in [-0.1, -0.05) is 0 Å². The summed E-state index contributed by atoms with van der Waals surface area (Å²) in [7, 11) is 1.63. The van der Waals surface area contributed by atoms with Crippen LogP contribution in [0.2, 0.25) is 0 Å². The summed E-state index contributed by atoms with van der Waals surface area (Å²) in [5.74, 6) is 0.381. The van der Waals surface area contributed by atoms with Crippen LogP contribution in [0.25, 0.3) is 0 Å². The van der Waals surface area contributed by atoms with Gasteiger partial charge in [-0.05, 0) is 0 Å². The van der Waals surface area contributed by atoms with Crippen molar-refractivity contribution < 1.29 is 9.47 Å². The van der Waals surface area contributed by atoms with E-state index in [1.807, 2.05) is 6.07 Å². The summed E-state index contributed by atoms with van der Waals surface area (Å²) in [5, 5.41) is 11.9. The molecule has 17 heavy (non-hydrogen) atoms. The predicted molar refractivity (Wildman–Crippen MR) is 64.5 cm³/mol. The molecule has 0 bridgehead atoms. The molecule has 6 nitrogen and oxygen atoms in total. The number of nitrogens with one attached hydrogen (secondary N) is 1. The van der Waals surface area contributed by atoms with Crippen LogP contribution in [0.1, 0.15) is 5.56 Å². The first-order valence-electron chi connectivity index (χ1n) is 5.24. The van der Waals surface area contributed by atoms with Gasteiger partial charge in [-0.2, -0.15) is 5.26 Å². The summed E-state index contributed by atoms with van der Waals surface area (Å²) in [6, 6.07) is 3.68. The normalized spacial score (nSPS) is 9.88. The summed E-state index contributed by atoms with van der Waals surface area (Å²) in [6.45, 7) is 2.27. The van der Waals surface area contributed by atoms with E-state index >= 15 is 0 Å². The zero-order valence-electron chi connectivity index (χ0n) is 9.77. The minimum Gasteiger partial charge on any atom is -0.384 e. The molecule has 0 saturated carbocycles. The number of nitrogens with two attached hydrogens (primary N) is 1. The van der Waals surface area contributed by atoms with Crippen LogP contribution in [-0.2, 0) is 9.47 Å². The minimum absolute atomic E-state index is 0.381. The molecule has 1 rings (SSSR count). The van der Waals surface area contributed by atoms with Gasteiger partial charge in [0.05, 0.1) is 31.1 Å². The number of pyridine rings is 1. The van der Waals surface area contributed by atoms with E-state index in [0.717, 1.165) is 0 Å². The lowest BCUT2D eigenvalue weighted by Crippen LogP contribution is -2.13. The number of aromatic nitrogens is 1. The average molecular weight is 236 g/mol. The fourth-order valence-electron chi connectivity index (χ4n) is 1.21. The van der Waals surface area contributed by atoms with Crippen LogP contribution in [-0.4, -0.2) is 38.5 Å². The number of methoxy groups -OCH3 is 1. The summed E-state index contributed by atoms with van der Waals surface area (Å²) < 4.78 is 10.1. The van der Waals surface area contributed by atoms with Gasteiger partial charge in [-0.25, -0.2) is 4.98 Å². The highest BCUT2D eigenvalue weighted by Gasteiger charge is 2.02. The molecule has 0 spiro atoms. The highest BCUT2D eigenvalue weighted by Crippen LogP contribution is 2.15. The molecule has 0 aliphatic carbocycles. The molecule has 0 radical (unpaired) electrons. The Morgan fingerprint density at radius 3 is 3.00 bits per heavy atom. The molecule has 1 aromatic heterocycles. The second kappa shape index (κ2) is 7.44. The van der Waals surface area contributed by atoms with Gasteiger partial charge >= 0.3 is 0 Å². The van der Waals surface area contributed by atoms with E-state index in [-0.39, 0.29) is 0 Å². The van der Waals surface area contributed by atoms with Crippen molar-refractivity contribution in [1.82, 2.24) is 4.98 Å².